The fourth-order valence-corrected chi connectivity index (χ4v) is 1.34. The summed E-state index contributed by atoms with van der Waals surface area (Å²) in [5.41, 5.74) is 2.82. The smallest absolute Gasteiger partial charge is 0.0992 e. The molecule has 0 amide bonds. The highest BCUT2D eigenvalue weighted by Gasteiger charge is 1.98. The van der Waals surface area contributed by atoms with Gasteiger partial charge in [-0.25, -0.2) is 0 Å². The van der Waals surface area contributed by atoms with Crippen LogP contribution in [0.4, 0.5) is 5.69 Å². The van der Waals surface area contributed by atoms with E-state index in [0.717, 1.165) is 30.6 Å². The molecule has 2 N–H and O–H groups in total. The second kappa shape index (κ2) is 6.05. The first kappa shape index (κ1) is 11.5. The van der Waals surface area contributed by atoms with Gasteiger partial charge in [-0.2, -0.15) is 5.26 Å². The van der Waals surface area contributed by atoms with E-state index in [1.165, 1.54) is 0 Å². The number of nitrogens with one attached hydrogen (secondary N) is 1. The minimum Gasteiger partial charge on any atom is -0.396 e. The fraction of sp³-hybridized carbons (Fsp3) is 0.417. The Morgan fingerprint density at radius 2 is 2.20 bits per heavy atom. The number of aliphatic hydroxyl groups excluding tert-OH is 1. The lowest BCUT2D eigenvalue weighted by Crippen LogP contribution is -2.04. The molecule has 3 heteroatoms. The van der Waals surface area contributed by atoms with E-state index in [2.05, 4.69) is 11.4 Å². The van der Waals surface area contributed by atoms with E-state index < -0.39 is 0 Å². The van der Waals surface area contributed by atoms with Crippen LogP contribution in [0, 0.1) is 18.3 Å². The first-order chi connectivity index (χ1) is 7.27. The van der Waals surface area contributed by atoms with Gasteiger partial charge in [0, 0.05) is 18.8 Å². The molecular formula is C12H16N2O. The molecule has 0 aliphatic heterocycles. The molecule has 0 fully saturated rings. The monoisotopic (exact) mass is 204 g/mol. The van der Waals surface area contributed by atoms with Crippen molar-refractivity contribution in [3.05, 3.63) is 29.3 Å². The number of benzene rings is 1. The summed E-state index contributed by atoms with van der Waals surface area (Å²) in [6, 6.07) is 7.72. The van der Waals surface area contributed by atoms with Crippen LogP contribution in [0.1, 0.15) is 24.0 Å². The van der Waals surface area contributed by atoms with Crippen molar-refractivity contribution >= 4 is 5.69 Å². The number of aliphatic hydroxyl groups is 1. The Balaban J connectivity index is 2.56. The molecule has 15 heavy (non-hydrogen) atoms. The van der Waals surface area contributed by atoms with Crippen molar-refractivity contribution in [3.63, 3.8) is 0 Å². The zero-order chi connectivity index (χ0) is 11.1. The number of aryl methyl sites for hydroxylation is 1. The molecule has 0 bridgehead atoms. The summed E-state index contributed by atoms with van der Waals surface area (Å²) < 4.78 is 0. The van der Waals surface area contributed by atoms with Crippen LogP contribution < -0.4 is 5.32 Å². The van der Waals surface area contributed by atoms with Gasteiger partial charge in [-0.15, -0.1) is 0 Å². The number of rotatable bonds is 5. The SMILES string of the molecule is Cc1ccc(C#N)cc1NCCCCO. The van der Waals surface area contributed by atoms with Crippen molar-refractivity contribution in [2.45, 2.75) is 19.8 Å². The Hall–Kier alpha value is -1.53. The molecule has 80 valence electrons. The van der Waals surface area contributed by atoms with Crippen molar-refractivity contribution in [2.24, 2.45) is 0 Å². The minimum atomic E-state index is 0.235. The van der Waals surface area contributed by atoms with Gasteiger partial charge in [0.1, 0.15) is 0 Å². The van der Waals surface area contributed by atoms with Gasteiger partial charge >= 0.3 is 0 Å². The molecule has 1 aromatic rings. The predicted molar refractivity (Wildman–Crippen MR) is 60.7 cm³/mol. The summed E-state index contributed by atoms with van der Waals surface area (Å²) in [4.78, 5) is 0. The maximum atomic E-state index is 8.75. The van der Waals surface area contributed by atoms with E-state index in [-0.39, 0.29) is 6.61 Å². The van der Waals surface area contributed by atoms with Crippen molar-refractivity contribution in [3.8, 4) is 6.07 Å². The molecule has 1 aromatic carbocycles. The topological polar surface area (TPSA) is 56.0 Å². The molecular weight excluding hydrogens is 188 g/mol. The number of unbranched alkanes of at least 4 members (excludes halogenated alkanes) is 1. The normalized spacial score (nSPS) is 9.67. The molecule has 0 radical (unpaired) electrons. The van der Waals surface area contributed by atoms with Gasteiger partial charge in [0.15, 0.2) is 0 Å². The second-order valence-electron chi connectivity index (χ2n) is 3.50. The van der Waals surface area contributed by atoms with Gasteiger partial charge in [0.2, 0.25) is 0 Å². The molecule has 0 saturated carbocycles. The lowest BCUT2D eigenvalue weighted by molar-refractivity contribution is 0.286. The number of nitriles is 1. The Kier molecular flexibility index (Phi) is 4.65. The van der Waals surface area contributed by atoms with Gasteiger partial charge in [0.05, 0.1) is 11.6 Å². The first-order valence-electron chi connectivity index (χ1n) is 5.13. The zero-order valence-corrected chi connectivity index (χ0v) is 8.95. The largest absolute Gasteiger partial charge is 0.396 e. The van der Waals surface area contributed by atoms with Crippen LogP contribution in [0.3, 0.4) is 0 Å². The van der Waals surface area contributed by atoms with Crippen LogP contribution in [0.2, 0.25) is 0 Å². The fourth-order valence-electron chi connectivity index (χ4n) is 1.34. The molecule has 0 atom stereocenters. The lowest BCUT2D eigenvalue weighted by atomic mass is 10.1. The van der Waals surface area contributed by atoms with Crippen LogP contribution in [0.5, 0.6) is 0 Å². The van der Waals surface area contributed by atoms with Gasteiger partial charge in [-0.3, -0.25) is 0 Å². The minimum absolute atomic E-state index is 0.235. The average Bonchev–Trinajstić information content (AvgIpc) is 2.26. The number of nitrogens with zero attached hydrogens (tertiary/aromatic N) is 1. The molecule has 0 aromatic heterocycles. The number of hydrogen-bond donors (Lipinski definition) is 2. The van der Waals surface area contributed by atoms with Crippen molar-refractivity contribution < 1.29 is 5.11 Å². The number of anilines is 1. The highest BCUT2D eigenvalue weighted by molar-refractivity contribution is 5.55. The Bertz CT molecular complexity index is 355. The second-order valence-corrected chi connectivity index (χ2v) is 3.50. The molecule has 0 unspecified atom stereocenters. The van der Waals surface area contributed by atoms with E-state index in [0.29, 0.717) is 5.56 Å². The Morgan fingerprint density at radius 3 is 2.87 bits per heavy atom. The van der Waals surface area contributed by atoms with Crippen LogP contribution in [-0.2, 0) is 0 Å². The Morgan fingerprint density at radius 1 is 1.40 bits per heavy atom. The van der Waals surface area contributed by atoms with Gasteiger partial charge in [-0.1, -0.05) is 6.07 Å². The van der Waals surface area contributed by atoms with Gasteiger partial charge in [0.25, 0.3) is 0 Å². The molecule has 0 aliphatic carbocycles. The molecule has 0 saturated heterocycles. The van der Waals surface area contributed by atoms with Crippen molar-refractivity contribution in [2.75, 3.05) is 18.5 Å². The predicted octanol–water partition coefficient (Wildman–Crippen LogP) is 2.05. The van der Waals surface area contributed by atoms with Crippen LogP contribution in [-0.4, -0.2) is 18.3 Å². The highest BCUT2D eigenvalue weighted by Crippen LogP contribution is 2.16. The summed E-state index contributed by atoms with van der Waals surface area (Å²) in [5.74, 6) is 0. The summed E-state index contributed by atoms with van der Waals surface area (Å²) >= 11 is 0. The third kappa shape index (κ3) is 3.61. The maximum Gasteiger partial charge on any atom is 0.0992 e. The van der Waals surface area contributed by atoms with Gasteiger partial charge < -0.3 is 10.4 Å². The van der Waals surface area contributed by atoms with E-state index in [4.69, 9.17) is 10.4 Å². The zero-order valence-electron chi connectivity index (χ0n) is 8.95. The van der Waals surface area contributed by atoms with Crippen LogP contribution >= 0.6 is 0 Å². The molecule has 0 heterocycles. The standard InChI is InChI=1S/C12H16N2O/c1-10-4-5-11(9-13)8-12(10)14-6-2-3-7-15/h4-5,8,14-15H,2-3,6-7H2,1H3. The van der Waals surface area contributed by atoms with Crippen LogP contribution in [0.15, 0.2) is 18.2 Å². The number of hydrogen-bond acceptors (Lipinski definition) is 3. The molecule has 1 rings (SSSR count). The van der Waals surface area contributed by atoms with Crippen molar-refractivity contribution in [1.82, 2.24) is 0 Å². The third-order valence-corrected chi connectivity index (χ3v) is 2.27. The lowest BCUT2D eigenvalue weighted by Gasteiger charge is -2.09. The summed E-state index contributed by atoms with van der Waals surface area (Å²) in [7, 11) is 0. The van der Waals surface area contributed by atoms with Gasteiger partial charge in [-0.05, 0) is 37.5 Å². The first-order valence-corrected chi connectivity index (χ1v) is 5.13. The Labute approximate surface area is 90.4 Å². The van der Waals surface area contributed by atoms with Crippen LogP contribution in [0.25, 0.3) is 0 Å². The summed E-state index contributed by atoms with van der Waals surface area (Å²) in [6.07, 6.45) is 1.75. The molecule has 0 spiro atoms. The molecule has 0 aliphatic rings. The van der Waals surface area contributed by atoms with E-state index in [1.807, 2.05) is 25.1 Å². The summed E-state index contributed by atoms with van der Waals surface area (Å²) in [6.45, 7) is 3.07. The van der Waals surface area contributed by atoms with Crippen molar-refractivity contribution in [1.29, 1.82) is 5.26 Å². The average molecular weight is 204 g/mol. The molecule has 3 nitrogen and oxygen atoms in total. The van der Waals surface area contributed by atoms with E-state index in [1.54, 1.807) is 0 Å². The van der Waals surface area contributed by atoms with E-state index >= 15 is 0 Å². The van der Waals surface area contributed by atoms with E-state index in [9.17, 15) is 0 Å². The third-order valence-electron chi connectivity index (χ3n) is 2.27. The quantitative estimate of drug-likeness (QED) is 0.722. The highest BCUT2D eigenvalue weighted by atomic mass is 16.2. The summed E-state index contributed by atoms with van der Waals surface area (Å²) in [5, 5.41) is 20.6. The maximum absolute atomic E-state index is 8.75.